The Morgan fingerprint density at radius 3 is 2.67 bits per heavy atom. The number of amides is 1. The Bertz CT molecular complexity index is 682. The topological polar surface area (TPSA) is 63.2 Å². The number of nitrogens with zero attached hydrogens (tertiary/aromatic N) is 1. The van der Waals surface area contributed by atoms with Crippen molar-refractivity contribution >= 4 is 17.4 Å². The zero-order valence-corrected chi connectivity index (χ0v) is 14.7. The van der Waals surface area contributed by atoms with Gasteiger partial charge >= 0.3 is 0 Å². The van der Waals surface area contributed by atoms with Crippen LogP contribution in [0.3, 0.4) is 0 Å². The second kappa shape index (κ2) is 8.45. The predicted molar refractivity (Wildman–Crippen MR) is 97.8 cm³/mol. The Balaban J connectivity index is 2.10. The van der Waals surface area contributed by atoms with E-state index in [1.165, 1.54) is 0 Å². The highest BCUT2D eigenvalue weighted by Gasteiger charge is 2.13. The number of hydrogen-bond acceptors (Lipinski definition) is 4. The van der Waals surface area contributed by atoms with Gasteiger partial charge < -0.3 is 15.4 Å². The van der Waals surface area contributed by atoms with Gasteiger partial charge in [0.15, 0.2) is 0 Å². The second-order valence-electron chi connectivity index (χ2n) is 6.00. The van der Waals surface area contributed by atoms with Crippen LogP contribution in [0.15, 0.2) is 36.5 Å². The summed E-state index contributed by atoms with van der Waals surface area (Å²) in [5.41, 5.74) is 3.61. The normalized spacial score (nSPS) is 10.7. The lowest BCUT2D eigenvalue weighted by Crippen LogP contribution is -2.15. The molecule has 5 nitrogen and oxygen atoms in total. The third kappa shape index (κ3) is 4.55. The number of ether oxygens (including phenoxy) is 1. The van der Waals surface area contributed by atoms with E-state index in [1.54, 1.807) is 25.4 Å². The number of carbonyl (C=O) groups is 1. The lowest BCUT2D eigenvalue weighted by atomic mass is 9.98. The molecule has 1 aromatic heterocycles. The van der Waals surface area contributed by atoms with Gasteiger partial charge in [-0.25, -0.2) is 4.98 Å². The molecule has 0 aliphatic carbocycles. The van der Waals surface area contributed by atoms with Gasteiger partial charge in [-0.1, -0.05) is 32.0 Å². The Morgan fingerprint density at radius 1 is 1.25 bits per heavy atom. The smallest absolute Gasteiger partial charge is 0.257 e. The van der Waals surface area contributed by atoms with Crippen molar-refractivity contribution in [2.45, 2.75) is 26.7 Å². The molecule has 2 aromatic rings. The van der Waals surface area contributed by atoms with Crippen LogP contribution in [0.1, 0.15) is 41.3 Å². The Hall–Kier alpha value is -2.40. The summed E-state index contributed by atoms with van der Waals surface area (Å²) in [6.07, 6.45) is 1.58. The van der Waals surface area contributed by atoms with Gasteiger partial charge in [0, 0.05) is 25.5 Å². The first kappa shape index (κ1) is 17.9. The molecule has 0 unspecified atom stereocenters. The van der Waals surface area contributed by atoms with Crippen molar-refractivity contribution < 1.29 is 9.53 Å². The van der Waals surface area contributed by atoms with E-state index in [4.69, 9.17) is 4.74 Å². The highest BCUT2D eigenvalue weighted by Crippen LogP contribution is 2.27. The number of hydrogen-bond donors (Lipinski definition) is 2. The molecule has 0 saturated carbocycles. The molecule has 5 heteroatoms. The van der Waals surface area contributed by atoms with Gasteiger partial charge in [-0.15, -0.1) is 0 Å². The summed E-state index contributed by atoms with van der Waals surface area (Å²) < 4.78 is 4.98. The zero-order valence-electron chi connectivity index (χ0n) is 14.7. The molecule has 1 heterocycles. The minimum atomic E-state index is -0.151. The predicted octanol–water partition coefficient (Wildman–Crippen LogP) is 3.82. The summed E-state index contributed by atoms with van der Waals surface area (Å²) in [5, 5.41) is 6.16. The van der Waals surface area contributed by atoms with E-state index in [1.807, 2.05) is 25.1 Å². The fourth-order valence-electron chi connectivity index (χ4n) is 2.44. The number of anilines is 2. The SMILES string of the molecule is COCCNc1ccc(C(=O)Nc2c(C)cccc2C(C)C)cn1. The molecule has 128 valence electrons. The fraction of sp³-hybridized carbons (Fsp3) is 0.368. The van der Waals surface area contributed by atoms with Crippen molar-refractivity contribution in [2.75, 3.05) is 30.9 Å². The molecule has 0 atom stereocenters. The molecule has 0 aliphatic heterocycles. The first-order chi connectivity index (χ1) is 11.5. The van der Waals surface area contributed by atoms with Gasteiger partial charge in [-0.05, 0) is 36.1 Å². The van der Waals surface area contributed by atoms with Gasteiger partial charge in [0.2, 0.25) is 0 Å². The molecule has 0 aliphatic rings. The zero-order chi connectivity index (χ0) is 17.5. The summed E-state index contributed by atoms with van der Waals surface area (Å²) >= 11 is 0. The molecule has 24 heavy (non-hydrogen) atoms. The minimum absolute atomic E-state index is 0.151. The summed E-state index contributed by atoms with van der Waals surface area (Å²) in [4.78, 5) is 16.8. The van der Waals surface area contributed by atoms with Gasteiger partial charge in [-0.2, -0.15) is 0 Å². The molecule has 0 spiro atoms. The van der Waals surface area contributed by atoms with Crippen molar-refractivity contribution in [3.63, 3.8) is 0 Å². The number of rotatable bonds is 7. The average Bonchev–Trinajstić information content (AvgIpc) is 2.57. The third-order valence-electron chi connectivity index (χ3n) is 3.80. The van der Waals surface area contributed by atoms with E-state index in [0.29, 0.717) is 24.6 Å². The van der Waals surface area contributed by atoms with Crippen LogP contribution in [0.4, 0.5) is 11.5 Å². The molecule has 0 saturated heterocycles. The van der Waals surface area contributed by atoms with Crippen LogP contribution in [-0.2, 0) is 4.74 Å². The van der Waals surface area contributed by atoms with Crippen molar-refractivity contribution in [2.24, 2.45) is 0 Å². The van der Waals surface area contributed by atoms with Crippen LogP contribution in [0.25, 0.3) is 0 Å². The summed E-state index contributed by atoms with van der Waals surface area (Å²) in [6, 6.07) is 9.63. The van der Waals surface area contributed by atoms with Crippen LogP contribution in [0.2, 0.25) is 0 Å². The fourth-order valence-corrected chi connectivity index (χ4v) is 2.44. The van der Waals surface area contributed by atoms with Crippen LogP contribution < -0.4 is 10.6 Å². The Kier molecular flexibility index (Phi) is 6.32. The molecular formula is C19H25N3O2. The number of nitrogens with one attached hydrogen (secondary N) is 2. The van der Waals surface area contributed by atoms with Crippen LogP contribution in [-0.4, -0.2) is 31.2 Å². The van der Waals surface area contributed by atoms with E-state index < -0.39 is 0 Å². The number of methoxy groups -OCH3 is 1. The maximum absolute atomic E-state index is 12.5. The number of para-hydroxylation sites is 1. The molecule has 2 N–H and O–H groups in total. The Morgan fingerprint density at radius 2 is 2.04 bits per heavy atom. The standard InChI is InChI=1S/C19H25N3O2/c1-13(2)16-7-5-6-14(3)18(16)22-19(23)15-8-9-17(21-12-15)20-10-11-24-4/h5-9,12-13H,10-11H2,1-4H3,(H,20,21)(H,22,23). The maximum Gasteiger partial charge on any atom is 0.257 e. The van der Waals surface area contributed by atoms with Gasteiger partial charge in [0.25, 0.3) is 5.91 Å². The third-order valence-corrected chi connectivity index (χ3v) is 3.80. The molecule has 0 radical (unpaired) electrons. The number of aromatic nitrogens is 1. The summed E-state index contributed by atoms with van der Waals surface area (Å²) in [5.74, 6) is 0.912. The van der Waals surface area contributed by atoms with E-state index in [2.05, 4.69) is 29.5 Å². The number of benzene rings is 1. The van der Waals surface area contributed by atoms with E-state index in [9.17, 15) is 4.79 Å². The van der Waals surface area contributed by atoms with Crippen molar-refractivity contribution in [3.8, 4) is 0 Å². The second-order valence-corrected chi connectivity index (χ2v) is 6.00. The van der Waals surface area contributed by atoms with Crippen molar-refractivity contribution in [3.05, 3.63) is 53.2 Å². The first-order valence-electron chi connectivity index (χ1n) is 8.12. The first-order valence-corrected chi connectivity index (χ1v) is 8.12. The number of carbonyl (C=O) groups excluding carboxylic acids is 1. The van der Waals surface area contributed by atoms with Crippen LogP contribution >= 0.6 is 0 Å². The van der Waals surface area contributed by atoms with Crippen molar-refractivity contribution in [1.29, 1.82) is 0 Å². The average molecular weight is 327 g/mol. The molecule has 0 fully saturated rings. The highest BCUT2D eigenvalue weighted by atomic mass is 16.5. The summed E-state index contributed by atoms with van der Waals surface area (Å²) in [7, 11) is 1.65. The van der Waals surface area contributed by atoms with E-state index in [-0.39, 0.29) is 5.91 Å². The quantitative estimate of drug-likeness (QED) is 0.759. The summed E-state index contributed by atoms with van der Waals surface area (Å²) in [6.45, 7) is 7.52. The maximum atomic E-state index is 12.5. The molecule has 2 rings (SSSR count). The lowest BCUT2D eigenvalue weighted by Gasteiger charge is -2.16. The number of aryl methyl sites for hydroxylation is 1. The van der Waals surface area contributed by atoms with E-state index in [0.717, 1.165) is 22.6 Å². The monoisotopic (exact) mass is 327 g/mol. The minimum Gasteiger partial charge on any atom is -0.383 e. The Labute approximate surface area is 143 Å². The van der Waals surface area contributed by atoms with Gasteiger partial charge in [0.05, 0.1) is 12.2 Å². The molecule has 0 bridgehead atoms. The van der Waals surface area contributed by atoms with Crippen LogP contribution in [0, 0.1) is 6.92 Å². The van der Waals surface area contributed by atoms with Crippen molar-refractivity contribution in [1.82, 2.24) is 4.98 Å². The largest absolute Gasteiger partial charge is 0.383 e. The van der Waals surface area contributed by atoms with Gasteiger partial charge in [0.1, 0.15) is 5.82 Å². The number of pyridine rings is 1. The van der Waals surface area contributed by atoms with E-state index >= 15 is 0 Å². The highest BCUT2D eigenvalue weighted by molar-refractivity contribution is 6.05. The van der Waals surface area contributed by atoms with Gasteiger partial charge in [-0.3, -0.25) is 4.79 Å². The lowest BCUT2D eigenvalue weighted by molar-refractivity contribution is 0.102. The van der Waals surface area contributed by atoms with Crippen LogP contribution in [0.5, 0.6) is 0 Å². The molecule has 1 amide bonds. The molecular weight excluding hydrogens is 302 g/mol. The molecule has 1 aromatic carbocycles.